The lowest BCUT2D eigenvalue weighted by molar-refractivity contribution is -0.140. The van der Waals surface area contributed by atoms with Crippen molar-refractivity contribution in [2.45, 2.75) is 32.0 Å². The SMILES string of the molecule is C[C@H]1Cc2cc(/C(O)=C3\C(=O)C(=O)N(Cc4cccnc4)[C@@H]3c3ccccc3F)ccc2O1. The highest BCUT2D eigenvalue weighted by Crippen LogP contribution is 2.42. The molecule has 0 bridgehead atoms. The van der Waals surface area contributed by atoms with Gasteiger partial charge in [0.1, 0.15) is 23.4 Å². The maximum Gasteiger partial charge on any atom is 0.295 e. The van der Waals surface area contributed by atoms with Crippen LogP contribution in [0, 0.1) is 5.82 Å². The lowest BCUT2D eigenvalue weighted by Crippen LogP contribution is -2.29. The molecule has 3 heterocycles. The fourth-order valence-electron chi connectivity index (χ4n) is 4.48. The second kappa shape index (κ2) is 8.16. The molecule has 166 valence electrons. The maximum absolute atomic E-state index is 14.9. The van der Waals surface area contributed by atoms with Crippen molar-refractivity contribution in [3.05, 3.63) is 101 Å². The Morgan fingerprint density at radius 1 is 1.18 bits per heavy atom. The van der Waals surface area contributed by atoms with Gasteiger partial charge in [0.2, 0.25) is 0 Å². The highest BCUT2D eigenvalue weighted by Gasteiger charge is 2.47. The standard InChI is InChI=1S/C26H21FN2O4/c1-15-11-18-12-17(8-9-21(18)33-15)24(30)22-23(19-6-2-3-7-20(19)27)29(26(32)25(22)31)14-16-5-4-10-28-13-16/h2-10,12-13,15,23,30H,11,14H2,1H3/b24-22+/t15-,23+/m0/s1. The van der Waals surface area contributed by atoms with Crippen molar-refractivity contribution in [2.24, 2.45) is 0 Å². The number of nitrogens with zero attached hydrogens (tertiary/aromatic N) is 2. The molecule has 1 fully saturated rings. The number of aliphatic hydroxyl groups excluding tert-OH is 1. The maximum atomic E-state index is 14.9. The predicted molar refractivity (Wildman–Crippen MR) is 119 cm³/mol. The second-order valence-corrected chi connectivity index (χ2v) is 8.26. The first-order valence-corrected chi connectivity index (χ1v) is 10.7. The molecule has 1 amide bonds. The number of aliphatic hydroxyl groups is 1. The van der Waals surface area contributed by atoms with E-state index in [-0.39, 0.29) is 29.5 Å². The molecule has 7 heteroatoms. The summed E-state index contributed by atoms with van der Waals surface area (Å²) >= 11 is 0. The zero-order chi connectivity index (χ0) is 23.1. The molecule has 1 saturated heterocycles. The number of carbonyl (C=O) groups is 2. The van der Waals surface area contributed by atoms with E-state index in [1.54, 1.807) is 48.8 Å². The average molecular weight is 444 g/mol. The van der Waals surface area contributed by atoms with E-state index in [4.69, 9.17) is 4.74 Å². The molecular formula is C26H21FN2O4. The number of carbonyl (C=O) groups excluding carboxylic acids is 2. The zero-order valence-electron chi connectivity index (χ0n) is 17.9. The molecule has 1 N–H and O–H groups in total. The van der Waals surface area contributed by atoms with E-state index >= 15 is 0 Å². The van der Waals surface area contributed by atoms with Crippen molar-refractivity contribution >= 4 is 17.4 Å². The van der Waals surface area contributed by atoms with Gasteiger partial charge in [-0.05, 0) is 48.4 Å². The summed E-state index contributed by atoms with van der Waals surface area (Å²) in [4.78, 5) is 31.5. The topological polar surface area (TPSA) is 79.7 Å². The van der Waals surface area contributed by atoms with Gasteiger partial charge in [-0.1, -0.05) is 24.3 Å². The Morgan fingerprint density at radius 2 is 2.00 bits per heavy atom. The summed E-state index contributed by atoms with van der Waals surface area (Å²) in [6.45, 7) is 1.99. The van der Waals surface area contributed by atoms with Gasteiger partial charge in [-0.15, -0.1) is 0 Å². The number of ketones is 1. The third kappa shape index (κ3) is 3.65. The van der Waals surface area contributed by atoms with Gasteiger partial charge in [0.25, 0.3) is 11.7 Å². The van der Waals surface area contributed by atoms with Crippen molar-refractivity contribution in [3.63, 3.8) is 0 Å². The van der Waals surface area contributed by atoms with E-state index < -0.39 is 23.5 Å². The number of rotatable bonds is 4. The van der Waals surface area contributed by atoms with Gasteiger partial charge in [-0.25, -0.2) is 4.39 Å². The van der Waals surface area contributed by atoms with Crippen molar-refractivity contribution in [1.82, 2.24) is 9.88 Å². The summed E-state index contributed by atoms with van der Waals surface area (Å²) in [5, 5.41) is 11.2. The number of likely N-dealkylation sites (tertiary alicyclic amines) is 1. The molecule has 0 unspecified atom stereocenters. The van der Waals surface area contributed by atoms with Gasteiger partial charge in [0.05, 0.1) is 11.6 Å². The number of amides is 1. The van der Waals surface area contributed by atoms with Crippen LogP contribution in [0.4, 0.5) is 4.39 Å². The van der Waals surface area contributed by atoms with Gasteiger partial charge in [-0.2, -0.15) is 0 Å². The molecule has 0 aliphatic carbocycles. The van der Waals surface area contributed by atoms with Crippen molar-refractivity contribution < 1.29 is 23.8 Å². The number of pyridine rings is 1. The quantitative estimate of drug-likeness (QED) is 0.371. The number of halogens is 1. The van der Waals surface area contributed by atoms with Crippen LogP contribution >= 0.6 is 0 Å². The molecule has 0 spiro atoms. The fraction of sp³-hybridized carbons (Fsp3) is 0.192. The number of aromatic nitrogens is 1. The lowest BCUT2D eigenvalue weighted by Gasteiger charge is -2.25. The van der Waals surface area contributed by atoms with E-state index in [0.29, 0.717) is 17.5 Å². The molecule has 2 aliphatic heterocycles. The summed E-state index contributed by atoms with van der Waals surface area (Å²) < 4.78 is 20.6. The number of Topliss-reactive ketones (excluding diaryl/α,β-unsaturated/α-hetero) is 1. The monoisotopic (exact) mass is 444 g/mol. The summed E-state index contributed by atoms with van der Waals surface area (Å²) in [5.74, 6) is -1.83. The van der Waals surface area contributed by atoms with Crippen LogP contribution in [0.15, 0.2) is 72.6 Å². The van der Waals surface area contributed by atoms with Crippen LogP contribution in [-0.2, 0) is 22.6 Å². The molecule has 2 aromatic carbocycles. The van der Waals surface area contributed by atoms with Gasteiger partial charge in [0, 0.05) is 36.5 Å². The number of fused-ring (bicyclic) bond motifs is 1. The number of ether oxygens (including phenoxy) is 1. The zero-order valence-corrected chi connectivity index (χ0v) is 17.9. The highest BCUT2D eigenvalue weighted by molar-refractivity contribution is 6.46. The molecule has 33 heavy (non-hydrogen) atoms. The minimum atomic E-state index is -1.07. The van der Waals surface area contributed by atoms with Crippen LogP contribution in [-0.4, -0.2) is 32.8 Å². The molecule has 2 aliphatic rings. The summed E-state index contributed by atoms with van der Waals surface area (Å²) in [6.07, 6.45) is 3.87. The van der Waals surface area contributed by atoms with Crippen molar-refractivity contribution in [3.8, 4) is 5.75 Å². The van der Waals surface area contributed by atoms with E-state index in [1.165, 1.54) is 23.1 Å². The third-order valence-electron chi connectivity index (χ3n) is 5.98. The van der Waals surface area contributed by atoms with E-state index in [1.807, 2.05) is 6.92 Å². The number of benzene rings is 2. The molecule has 3 aromatic rings. The first-order chi connectivity index (χ1) is 15.9. The fourth-order valence-corrected chi connectivity index (χ4v) is 4.48. The molecule has 0 radical (unpaired) electrons. The minimum Gasteiger partial charge on any atom is -0.507 e. The van der Waals surface area contributed by atoms with Gasteiger partial charge in [0.15, 0.2) is 0 Å². The van der Waals surface area contributed by atoms with Crippen LogP contribution in [0.25, 0.3) is 5.76 Å². The van der Waals surface area contributed by atoms with Gasteiger partial charge < -0.3 is 14.7 Å². The molecule has 2 atom stereocenters. The Labute approximate surface area is 190 Å². The molecule has 0 saturated carbocycles. The lowest BCUT2D eigenvalue weighted by atomic mass is 9.94. The van der Waals surface area contributed by atoms with E-state index in [0.717, 1.165) is 11.3 Å². The first kappa shape index (κ1) is 20.9. The van der Waals surface area contributed by atoms with Crippen molar-refractivity contribution in [2.75, 3.05) is 0 Å². The van der Waals surface area contributed by atoms with Crippen LogP contribution in [0.1, 0.15) is 35.2 Å². The van der Waals surface area contributed by atoms with Crippen LogP contribution in [0.2, 0.25) is 0 Å². The summed E-state index contributed by atoms with van der Waals surface area (Å²) in [5.41, 5.74) is 1.97. The molecule has 1 aromatic heterocycles. The Bertz CT molecular complexity index is 1290. The van der Waals surface area contributed by atoms with Gasteiger partial charge in [-0.3, -0.25) is 14.6 Å². The number of hydrogen-bond donors (Lipinski definition) is 1. The molecule has 6 nitrogen and oxygen atoms in total. The van der Waals surface area contributed by atoms with Crippen molar-refractivity contribution in [1.29, 1.82) is 0 Å². The minimum absolute atomic E-state index is 0.0147. The predicted octanol–water partition coefficient (Wildman–Crippen LogP) is 4.17. The summed E-state index contributed by atoms with van der Waals surface area (Å²) in [6, 6.07) is 13.5. The molecule has 5 rings (SSSR count). The highest BCUT2D eigenvalue weighted by atomic mass is 19.1. The Hall–Kier alpha value is -4.00. The van der Waals surface area contributed by atoms with Crippen LogP contribution in [0.3, 0.4) is 0 Å². The smallest absolute Gasteiger partial charge is 0.295 e. The van der Waals surface area contributed by atoms with Crippen LogP contribution in [0.5, 0.6) is 5.75 Å². The second-order valence-electron chi connectivity index (χ2n) is 8.26. The Kier molecular flexibility index (Phi) is 5.17. The number of hydrogen-bond acceptors (Lipinski definition) is 5. The Balaban J connectivity index is 1.65. The molecular weight excluding hydrogens is 423 g/mol. The Morgan fingerprint density at radius 3 is 2.76 bits per heavy atom. The van der Waals surface area contributed by atoms with Gasteiger partial charge >= 0.3 is 0 Å². The first-order valence-electron chi connectivity index (χ1n) is 10.7. The largest absolute Gasteiger partial charge is 0.507 e. The normalized spacial score (nSPS) is 21.2. The van der Waals surface area contributed by atoms with E-state index in [2.05, 4.69) is 4.98 Å². The summed E-state index contributed by atoms with van der Waals surface area (Å²) in [7, 11) is 0. The average Bonchev–Trinajstić information content (AvgIpc) is 3.31. The van der Waals surface area contributed by atoms with Crippen LogP contribution < -0.4 is 4.74 Å². The van der Waals surface area contributed by atoms with E-state index in [9.17, 15) is 19.1 Å². The third-order valence-corrected chi connectivity index (χ3v) is 5.98.